The van der Waals surface area contributed by atoms with Crippen LogP contribution in [-0.2, 0) is 17.8 Å². The Kier molecular flexibility index (Phi) is 4.05. The molecule has 0 atom stereocenters. The smallest absolute Gasteiger partial charge is 0.239 e. The Bertz CT molecular complexity index is 871. The van der Waals surface area contributed by atoms with Crippen LogP contribution in [0.2, 0.25) is 0 Å². The number of rotatable bonds is 5. The first-order valence-electron chi connectivity index (χ1n) is 8.04. The first-order chi connectivity index (χ1) is 11.8. The summed E-state index contributed by atoms with van der Waals surface area (Å²) in [4.78, 5) is 13.1. The quantitative estimate of drug-likeness (QED) is 0.578. The van der Waals surface area contributed by atoms with Crippen LogP contribution in [0.5, 0.6) is 0 Å². The third-order valence-electron chi connectivity index (χ3n) is 4.29. The number of anilines is 1. The van der Waals surface area contributed by atoms with E-state index in [0.29, 0.717) is 6.54 Å². The Morgan fingerprint density at radius 1 is 1.00 bits per heavy atom. The maximum absolute atomic E-state index is 12.0. The predicted molar refractivity (Wildman–Crippen MR) is 99.3 cm³/mol. The van der Waals surface area contributed by atoms with Gasteiger partial charge in [-0.05, 0) is 52.3 Å². The molecule has 1 amide bonds. The van der Waals surface area contributed by atoms with Crippen LogP contribution in [0.3, 0.4) is 0 Å². The highest BCUT2D eigenvalue weighted by atomic mass is 32.1. The Morgan fingerprint density at radius 2 is 1.88 bits per heavy atom. The fraction of sp³-hybridized carbons (Fsp3) is 0.150. The van der Waals surface area contributed by atoms with Crippen LogP contribution in [0.25, 0.3) is 11.1 Å². The second kappa shape index (κ2) is 6.49. The van der Waals surface area contributed by atoms with Crippen molar-refractivity contribution in [3.8, 4) is 11.1 Å². The second-order valence-corrected chi connectivity index (χ2v) is 6.95. The maximum atomic E-state index is 12.0. The summed E-state index contributed by atoms with van der Waals surface area (Å²) in [5.41, 5.74) is 6.32. The lowest BCUT2D eigenvalue weighted by atomic mass is 10.1. The molecule has 0 fully saturated rings. The molecule has 0 bridgehead atoms. The fourth-order valence-electron chi connectivity index (χ4n) is 3.10. The number of carbonyl (C=O) groups excluding carboxylic acids is 1. The molecule has 1 aliphatic rings. The number of thiophene rings is 1. The lowest BCUT2D eigenvalue weighted by Crippen LogP contribution is -2.29. The minimum atomic E-state index is 0.00665. The molecule has 3 aromatic rings. The van der Waals surface area contributed by atoms with E-state index in [2.05, 4.69) is 47.0 Å². The Labute approximate surface area is 145 Å². The van der Waals surface area contributed by atoms with Crippen molar-refractivity contribution in [1.82, 2.24) is 5.32 Å². The van der Waals surface area contributed by atoms with Gasteiger partial charge in [0.05, 0.1) is 13.1 Å². The molecule has 2 aromatic carbocycles. The molecule has 1 aromatic heterocycles. The summed E-state index contributed by atoms with van der Waals surface area (Å²) >= 11 is 1.65. The van der Waals surface area contributed by atoms with Crippen molar-refractivity contribution >= 4 is 22.9 Å². The topological polar surface area (TPSA) is 41.1 Å². The number of amides is 1. The summed E-state index contributed by atoms with van der Waals surface area (Å²) < 4.78 is 0. The summed E-state index contributed by atoms with van der Waals surface area (Å²) in [5.74, 6) is 0.00665. The van der Waals surface area contributed by atoms with Crippen molar-refractivity contribution in [3.05, 3.63) is 76.0 Å². The summed E-state index contributed by atoms with van der Waals surface area (Å²) in [5, 5.41) is 8.17. The van der Waals surface area contributed by atoms with E-state index in [1.54, 1.807) is 11.3 Å². The molecular formula is C20H18N2OS. The van der Waals surface area contributed by atoms with E-state index < -0.39 is 0 Å². The van der Waals surface area contributed by atoms with Gasteiger partial charge in [-0.1, -0.05) is 36.4 Å². The molecule has 120 valence electrons. The number of carbonyl (C=O) groups is 1. The monoisotopic (exact) mass is 334 g/mol. The average molecular weight is 334 g/mol. The van der Waals surface area contributed by atoms with Crippen LogP contribution in [-0.4, -0.2) is 12.5 Å². The van der Waals surface area contributed by atoms with Gasteiger partial charge in [0.25, 0.3) is 0 Å². The van der Waals surface area contributed by atoms with E-state index in [1.165, 1.54) is 27.1 Å². The number of hydrogen-bond acceptors (Lipinski definition) is 3. The van der Waals surface area contributed by atoms with Crippen molar-refractivity contribution in [3.63, 3.8) is 0 Å². The van der Waals surface area contributed by atoms with E-state index >= 15 is 0 Å². The number of hydrogen-bond donors (Lipinski definition) is 2. The molecule has 1 heterocycles. The van der Waals surface area contributed by atoms with Crippen molar-refractivity contribution in [1.29, 1.82) is 0 Å². The molecule has 4 rings (SSSR count). The van der Waals surface area contributed by atoms with Gasteiger partial charge < -0.3 is 10.6 Å². The Morgan fingerprint density at radius 3 is 2.75 bits per heavy atom. The minimum Gasteiger partial charge on any atom is -0.376 e. The third-order valence-corrected chi connectivity index (χ3v) is 5.16. The highest BCUT2D eigenvalue weighted by molar-refractivity contribution is 7.09. The van der Waals surface area contributed by atoms with E-state index in [-0.39, 0.29) is 12.5 Å². The van der Waals surface area contributed by atoms with Crippen LogP contribution in [0.1, 0.15) is 16.0 Å². The molecular weight excluding hydrogens is 316 g/mol. The largest absolute Gasteiger partial charge is 0.376 e. The van der Waals surface area contributed by atoms with Crippen LogP contribution in [0.15, 0.2) is 60.0 Å². The normalized spacial score (nSPS) is 11.7. The van der Waals surface area contributed by atoms with E-state index in [1.807, 2.05) is 23.6 Å². The fourth-order valence-corrected chi connectivity index (χ4v) is 3.74. The third kappa shape index (κ3) is 3.05. The van der Waals surface area contributed by atoms with Crippen molar-refractivity contribution in [2.24, 2.45) is 0 Å². The highest BCUT2D eigenvalue weighted by Crippen LogP contribution is 2.37. The summed E-state index contributed by atoms with van der Waals surface area (Å²) in [6, 6.07) is 18.9. The van der Waals surface area contributed by atoms with Crippen LogP contribution in [0.4, 0.5) is 5.69 Å². The lowest BCUT2D eigenvalue weighted by Gasteiger charge is -2.09. The Hall–Kier alpha value is -2.59. The summed E-state index contributed by atoms with van der Waals surface area (Å²) in [6.45, 7) is 0.884. The van der Waals surface area contributed by atoms with Gasteiger partial charge in [0, 0.05) is 10.6 Å². The van der Waals surface area contributed by atoms with Gasteiger partial charge in [-0.2, -0.15) is 0 Å². The second-order valence-electron chi connectivity index (χ2n) is 5.92. The molecule has 0 saturated heterocycles. The SMILES string of the molecule is O=C(CNc1ccc2c(c1)Cc1ccccc1-2)NCc1cccs1. The summed E-state index contributed by atoms with van der Waals surface area (Å²) in [7, 11) is 0. The van der Waals surface area contributed by atoms with Crippen molar-refractivity contribution < 1.29 is 4.79 Å². The van der Waals surface area contributed by atoms with Crippen LogP contribution < -0.4 is 10.6 Å². The Balaban J connectivity index is 1.36. The standard InChI is InChI=1S/C20H18N2OS/c23-20(22-12-17-5-3-9-24-17)13-21-16-7-8-19-15(11-16)10-14-4-1-2-6-18(14)19/h1-9,11,21H,10,12-13H2,(H,22,23). The van der Waals surface area contributed by atoms with Crippen LogP contribution >= 0.6 is 11.3 Å². The molecule has 0 radical (unpaired) electrons. The molecule has 0 saturated carbocycles. The minimum absolute atomic E-state index is 0.00665. The van der Waals surface area contributed by atoms with Gasteiger partial charge in [-0.25, -0.2) is 0 Å². The number of benzene rings is 2. The highest BCUT2D eigenvalue weighted by Gasteiger charge is 2.17. The van der Waals surface area contributed by atoms with Gasteiger partial charge in [0.15, 0.2) is 0 Å². The first-order valence-corrected chi connectivity index (χ1v) is 8.92. The first kappa shape index (κ1) is 15.0. The molecule has 0 unspecified atom stereocenters. The van der Waals surface area contributed by atoms with Gasteiger partial charge in [-0.3, -0.25) is 4.79 Å². The number of fused-ring (bicyclic) bond motifs is 3. The predicted octanol–water partition coefficient (Wildman–Crippen LogP) is 4.05. The molecule has 24 heavy (non-hydrogen) atoms. The van der Waals surface area contributed by atoms with Crippen molar-refractivity contribution in [2.75, 3.05) is 11.9 Å². The number of nitrogens with one attached hydrogen (secondary N) is 2. The molecule has 0 aliphatic heterocycles. The molecule has 1 aliphatic carbocycles. The van der Waals surface area contributed by atoms with Gasteiger partial charge in [0.2, 0.25) is 5.91 Å². The van der Waals surface area contributed by atoms with E-state index in [9.17, 15) is 4.79 Å². The van der Waals surface area contributed by atoms with Gasteiger partial charge in [0.1, 0.15) is 0 Å². The zero-order chi connectivity index (χ0) is 16.4. The van der Waals surface area contributed by atoms with E-state index in [4.69, 9.17) is 0 Å². The lowest BCUT2D eigenvalue weighted by molar-refractivity contribution is -0.119. The van der Waals surface area contributed by atoms with Crippen LogP contribution in [0, 0.1) is 0 Å². The molecule has 0 spiro atoms. The van der Waals surface area contributed by atoms with Crippen molar-refractivity contribution in [2.45, 2.75) is 13.0 Å². The zero-order valence-corrected chi connectivity index (χ0v) is 14.0. The molecule has 4 heteroatoms. The van der Waals surface area contributed by atoms with E-state index in [0.717, 1.165) is 12.1 Å². The molecule has 2 N–H and O–H groups in total. The zero-order valence-electron chi connectivity index (χ0n) is 13.2. The van der Waals surface area contributed by atoms with Gasteiger partial charge >= 0.3 is 0 Å². The molecule has 3 nitrogen and oxygen atoms in total. The summed E-state index contributed by atoms with van der Waals surface area (Å²) in [6.07, 6.45) is 0.964. The van der Waals surface area contributed by atoms with Gasteiger partial charge in [-0.15, -0.1) is 11.3 Å². The average Bonchev–Trinajstić information content (AvgIpc) is 3.25. The maximum Gasteiger partial charge on any atom is 0.239 e.